The largest absolute Gasteiger partial charge is 0.465 e. The summed E-state index contributed by atoms with van der Waals surface area (Å²) >= 11 is 0. The van der Waals surface area contributed by atoms with Gasteiger partial charge < -0.3 is 9.84 Å². The summed E-state index contributed by atoms with van der Waals surface area (Å²) < 4.78 is 5.91. The number of ether oxygens (including phenoxy) is 1. The zero-order chi connectivity index (χ0) is 18.9. The van der Waals surface area contributed by atoms with Gasteiger partial charge in [0.15, 0.2) is 0 Å². The molecule has 0 aromatic rings. The van der Waals surface area contributed by atoms with Gasteiger partial charge in [0.25, 0.3) is 0 Å². The molecule has 0 amide bonds. The van der Waals surface area contributed by atoms with Crippen LogP contribution < -0.4 is 0 Å². The molecule has 0 heterocycles. The molecule has 4 bridgehead atoms. The number of carbonyl (C=O) groups is 1. The van der Waals surface area contributed by atoms with Crippen molar-refractivity contribution in [1.29, 1.82) is 0 Å². The molecule has 4 aliphatic rings. The van der Waals surface area contributed by atoms with Crippen molar-refractivity contribution >= 4 is 5.97 Å². The maximum absolute atomic E-state index is 12.6. The van der Waals surface area contributed by atoms with E-state index in [1.807, 2.05) is 34.6 Å². The monoisotopic (exact) mass is 350 g/mol. The summed E-state index contributed by atoms with van der Waals surface area (Å²) in [5.41, 5.74) is -0.583. The van der Waals surface area contributed by atoms with Crippen molar-refractivity contribution in [2.75, 3.05) is 6.61 Å². The Morgan fingerprint density at radius 3 is 1.92 bits per heavy atom. The minimum absolute atomic E-state index is 0.0394. The van der Waals surface area contributed by atoms with Crippen LogP contribution in [0.2, 0.25) is 0 Å². The van der Waals surface area contributed by atoms with Gasteiger partial charge in [0.05, 0.1) is 17.6 Å². The molecule has 144 valence electrons. The van der Waals surface area contributed by atoms with E-state index in [4.69, 9.17) is 4.74 Å². The van der Waals surface area contributed by atoms with Crippen molar-refractivity contribution in [1.82, 2.24) is 0 Å². The van der Waals surface area contributed by atoms with Gasteiger partial charge in [0.2, 0.25) is 0 Å². The van der Waals surface area contributed by atoms with E-state index in [2.05, 4.69) is 13.8 Å². The van der Waals surface area contributed by atoms with Gasteiger partial charge in [-0.25, -0.2) is 0 Å². The first-order valence-corrected chi connectivity index (χ1v) is 10.1. The molecule has 0 aromatic carbocycles. The minimum atomic E-state index is -0.686. The Bertz CT molecular complexity index is 550. The van der Waals surface area contributed by atoms with Crippen molar-refractivity contribution in [2.45, 2.75) is 99.0 Å². The van der Waals surface area contributed by atoms with E-state index in [1.54, 1.807) is 0 Å². The number of carbonyl (C=O) groups excluding carboxylic acids is 1. The van der Waals surface area contributed by atoms with Crippen molar-refractivity contribution in [3.63, 3.8) is 0 Å². The number of hydrogen-bond donors (Lipinski definition) is 1. The molecule has 1 N–H and O–H groups in total. The van der Waals surface area contributed by atoms with Crippen LogP contribution in [0.25, 0.3) is 0 Å². The lowest BCUT2D eigenvalue weighted by Crippen LogP contribution is -2.66. The van der Waals surface area contributed by atoms with Gasteiger partial charge in [-0.1, -0.05) is 20.8 Å². The highest BCUT2D eigenvalue weighted by Crippen LogP contribution is 2.75. The highest BCUT2D eigenvalue weighted by molar-refractivity contribution is 5.75. The van der Waals surface area contributed by atoms with Gasteiger partial charge in [0, 0.05) is 10.8 Å². The Hall–Kier alpha value is -0.570. The fourth-order valence-electron chi connectivity index (χ4n) is 7.30. The first-order chi connectivity index (χ1) is 11.2. The van der Waals surface area contributed by atoms with Crippen LogP contribution in [0.1, 0.15) is 93.4 Å². The van der Waals surface area contributed by atoms with Crippen LogP contribution in [0.3, 0.4) is 0 Å². The highest BCUT2D eigenvalue weighted by Gasteiger charge is 2.68. The molecule has 4 aliphatic carbocycles. The van der Waals surface area contributed by atoms with Crippen molar-refractivity contribution in [3.8, 4) is 0 Å². The van der Waals surface area contributed by atoms with E-state index in [0.29, 0.717) is 6.61 Å². The van der Waals surface area contributed by atoms with Crippen LogP contribution in [0, 0.1) is 27.1 Å². The highest BCUT2D eigenvalue weighted by atomic mass is 16.5. The van der Waals surface area contributed by atoms with Crippen LogP contribution in [-0.2, 0) is 9.53 Å². The molecule has 4 saturated carbocycles. The molecule has 25 heavy (non-hydrogen) atoms. The molecular weight excluding hydrogens is 312 g/mol. The maximum Gasteiger partial charge on any atom is 0.311 e. The molecule has 0 spiro atoms. The fraction of sp³-hybridized carbons (Fsp3) is 0.955. The normalized spacial score (nSPS) is 43.4. The summed E-state index contributed by atoms with van der Waals surface area (Å²) in [5.74, 6) is -0.0710. The summed E-state index contributed by atoms with van der Waals surface area (Å²) in [7, 11) is 0. The lowest BCUT2D eigenvalue weighted by atomic mass is 9.34. The molecule has 3 heteroatoms. The molecule has 0 aliphatic heterocycles. The standard InChI is InChI=1S/C22H38O3/c1-8-17(2,3)16(23)25-15-21-10-19(6)9-20(7,11-21)13-22(12-19,14-21)18(4,5)24/h24H,8-15H2,1-7H3. The van der Waals surface area contributed by atoms with E-state index in [9.17, 15) is 9.90 Å². The summed E-state index contributed by atoms with van der Waals surface area (Å²) in [4.78, 5) is 12.6. The van der Waals surface area contributed by atoms with Crippen molar-refractivity contribution < 1.29 is 14.6 Å². The van der Waals surface area contributed by atoms with Crippen LogP contribution in [0.4, 0.5) is 0 Å². The quantitative estimate of drug-likeness (QED) is 0.701. The molecule has 0 saturated heterocycles. The minimum Gasteiger partial charge on any atom is -0.465 e. The Morgan fingerprint density at radius 1 is 0.960 bits per heavy atom. The number of aliphatic hydroxyl groups is 1. The van der Waals surface area contributed by atoms with Gasteiger partial charge in [-0.2, -0.15) is 0 Å². The average Bonchev–Trinajstić information content (AvgIpc) is 2.39. The molecular formula is C22H38O3. The summed E-state index contributed by atoms with van der Waals surface area (Å²) in [6.07, 6.45) is 7.51. The maximum atomic E-state index is 12.6. The van der Waals surface area contributed by atoms with Gasteiger partial charge >= 0.3 is 5.97 Å². The summed E-state index contributed by atoms with van der Waals surface area (Å²) in [6, 6.07) is 0. The number of rotatable bonds is 5. The third-order valence-electron chi connectivity index (χ3n) is 7.94. The molecule has 2 unspecified atom stereocenters. The first-order valence-electron chi connectivity index (χ1n) is 10.1. The molecule has 3 nitrogen and oxygen atoms in total. The van der Waals surface area contributed by atoms with E-state index in [0.717, 1.165) is 38.5 Å². The number of esters is 1. The smallest absolute Gasteiger partial charge is 0.311 e. The second-order valence-corrected chi connectivity index (χ2v) is 11.8. The van der Waals surface area contributed by atoms with Crippen LogP contribution in [0.15, 0.2) is 0 Å². The zero-order valence-electron chi connectivity index (χ0n) is 17.4. The Kier molecular flexibility index (Phi) is 4.02. The number of hydrogen-bond acceptors (Lipinski definition) is 3. The van der Waals surface area contributed by atoms with Crippen molar-refractivity contribution in [2.24, 2.45) is 27.1 Å². The Labute approximate surface area is 153 Å². The SMILES string of the molecule is CCC(C)(C)C(=O)OCC12CC3(C)CC(C)(C1)CC(C(C)(C)O)(C3)C2. The molecule has 4 rings (SSSR count). The molecule has 0 aromatic heterocycles. The predicted molar refractivity (Wildman–Crippen MR) is 100 cm³/mol. The third kappa shape index (κ3) is 3.05. The summed E-state index contributed by atoms with van der Waals surface area (Å²) in [6.45, 7) is 15.3. The van der Waals surface area contributed by atoms with Crippen LogP contribution in [0.5, 0.6) is 0 Å². The van der Waals surface area contributed by atoms with E-state index in [-0.39, 0.29) is 27.6 Å². The second kappa shape index (κ2) is 5.24. The Balaban J connectivity index is 1.88. The van der Waals surface area contributed by atoms with Crippen LogP contribution in [-0.4, -0.2) is 23.3 Å². The third-order valence-corrected chi connectivity index (χ3v) is 7.94. The van der Waals surface area contributed by atoms with Gasteiger partial charge in [-0.3, -0.25) is 4.79 Å². The molecule has 4 fully saturated rings. The van der Waals surface area contributed by atoms with Gasteiger partial charge in [-0.15, -0.1) is 0 Å². The average molecular weight is 351 g/mol. The second-order valence-electron chi connectivity index (χ2n) is 11.8. The van der Waals surface area contributed by atoms with E-state index in [1.165, 1.54) is 6.42 Å². The van der Waals surface area contributed by atoms with Crippen LogP contribution >= 0.6 is 0 Å². The fourth-order valence-corrected chi connectivity index (χ4v) is 7.30. The van der Waals surface area contributed by atoms with E-state index >= 15 is 0 Å². The van der Waals surface area contributed by atoms with Gasteiger partial charge in [-0.05, 0) is 83.5 Å². The molecule has 2 atom stereocenters. The zero-order valence-corrected chi connectivity index (χ0v) is 17.4. The topological polar surface area (TPSA) is 46.5 Å². The lowest BCUT2D eigenvalue weighted by Gasteiger charge is -2.71. The lowest BCUT2D eigenvalue weighted by molar-refractivity contribution is -0.254. The van der Waals surface area contributed by atoms with Crippen molar-refractivity contribution in [3.05, 3.63) is 0 Å². The Morgan fingerprint density at radius 2 is 1.48 bits per heavy atom. The van der Waals surface area contributed by atoms with Gasteiger partial charge in [0.1, 0.15) is 0 Å². The van der Waals surface area contributed by atoms with E-state index < -0.39 is 11.0 Å². The molecule has 0 radical (unpaired) electrons. The predicted octanol–water partition coefficient (Wildman–Crippen LogP) is 5.10. The summed E-state index contributed by atoms with van der Waals surface area (Å²) in [5, 5.41) is 11.1. The first kappa shape index (κ1) is 19.2.